The van der Waals surface area contributed by atoms with Crippen molar-refractivity contribution in [3.05, 3.63) is 59.7 Å². The van der Waals surface area contributed by atoms with Gasteiger partial charge in [-0.2, -0.15) is 0 Å². The first-order valence-electron chi connectivity index (χ1n) is 6.82. The molecule has 1 atom stereocenters. The van der Waals surface area contributed by atoms with Gasteiger partial charge in [-0.25, -0.2) is 0 Å². The lowest BCUT2D eigenvalue weighted by molar-refractivity contribution is -0.118. The van der Waals surface area contributed by atoms with Crippen LogP contribution in [0.15, 0.2) is 48.5 Å². The van der Waals surface area contributed by atoms with Gasteiger partial charge in [0.05, 0.1) is 6.10 Å². The molecule has 0 radical (unpaired) electrons. The second kappa shape index (κ2) is 6.90. The molecular formula is C17H19NO3. The highest BCUT2D eigenvalue weighted by Crippen LogP contribution is 2.24. The molecule has 1 amide bonds. The number of anilines is 1. The molecular weight excluding hydrogens is 266 g/mol. The van der Waals surface area contributed by atoms with Crippen molar-refractivity contribution in [3.8, 4) is 5.75 Å². The number of benzene rings is 2. The third-order valence-electron chi connectivity index (χ3n) is 3.06. The van der Waals surface area contributed by atoms with Crippen LogP contribution in [0.4, 0.5) is 5.69 Å². The SMILES string of the molecule is Cc1ccc(NC(=O)COc2ccccc2[C@@H](C)O)cc1. The molecule has 0 aliphatic heterocycles. The molecule has 2 aromatic carbocycles. The van der Waals surface area contributed by atoms with E-state index in [9.17, 15) is 9.90 Å². The van der Waals surface area contributed by atoms with E-state index in [-0.39, 0.29) is 12.5 Å². The number of para-hydroxylation sites is 1. The number of ether oxygens (including phenoxy) is 1. The fraction of sp³-hybridized carbons (Fsp3) is 0.235. The van der Waals surface area contributed by atoms with Crippen molar-refractivity contribution in [1.29, 1.82) is 0 Å². The number of nitrogens with one attached hydrogen (secondary N) is 1. The third kappa shape index (κ3) is 4.33. The lowest BCUT2D eigenvalue weighted by atomic mass is 10.1. The molecule has 0 saturated carbocycles. The first-order valence-corrected chi connectivity index (χ1v) is 6.82. The molecule has 110 valence electrons. The van der Waals surface area contributed by atoms with Gasteiger partial charge in [-0.3, -0.25) is 4.79 Å². The predicted molar refractivity (Wildman–Crippen MR) is 82.4 cm³/mol. The molecule has 0 aliphatic rings. The molecule has 0 fully saturated rings. The molecule has 0 heterocycles. The van der Waals surface area contributed by atoms with Crippen molar-refractivity contribution in [2.45, 2.75) is 20.0 Å². The number of rotatable bonds is 5. The summed E-state index contributed by atoms with van der Waals surface area (Å²) in [6, 6.07) is 14.7. The number of aryl methyl sites for hydroxylation is 1. The average Bonchev–Trinajstić information content (AvgIpc) is 2.48. The van der Waals surface area contributed by atoms with E-state index in [4.69, 9.17) is 4.74 Å². The Morgan fingerprint density at radius 3 is 2.52 bits per heavy atom. The molecule has 2 aromatic rings. The van der Waals surface area contributed by atoms with Gasteiger partial charge in [-0.05, 0) is 32.0 Å². The Kier molecular flexibility index (Phi) is 4.95. The summed E-state index contributed by atoms with van der Waals surface area (Å²) in [5, 5.41) is 12.4. The first-order chi connectivity index (χ1) is 10.1. The van der Waals surface area contributed by atoms with Crippen LogP contribution < -0.4 is 10.1 Å². The van der Waals surface area contributed by atoms with Gasteiger partial charge in [0, 0.05) is 11.3 Å². The zero-order chi connectivity index (χ0) is 15.2. The monoisotopic (exact) mass is 285 g/mol. The molecule has 2 rings (SSSR count). The van der Waals surface area contributed by atoms with Crippen LogP contribution in [0.3, 0.4) is 0 Å². The fourth-order valence-corrected chi connectivity index (χ4v) is 1.93. The standard InChI is InChI=1S/C17H19NO3/c1-12-7-9-14(10-8-12)18-17(20)11-21-16-6-4-3-5-15(16)13(2)19/h3-10,13,19H,11H2,1-2H3,(H,18,20)/t13-/m1/s1. The van der Waals surface area contributed by atoms with Crippen LogP contribution >= 0.6 is 0 Å². The van der Waals surface area contributed by atoms with Crippen LogP contribution in [0.25, 0.3) is 0 Å². The molecule has 0 bridgehead atoms. The summed E-state index contributed by atoms with van der Waals surface area (Å²) in [5.41, 5.74) is 2.54. The number of carbonyl (C=O) groups excluding carboxylic acids is 1. The fourth-order valence-electron chi connectivity index (χ4n) is 1.93. The summed E-state index contributed by atoms with van der Waals surface area (Å²) < 4.78 is 5.48. The first kappa shape index (κ1) is 15.1. The minimum absolute atomic E-state index is 0.0996. The van der Waals surface area contributed by atoms with Gasteiger partial charge in [-0.15, -0.1) is 0 Å². The van der Waals surface area contributed by atoms with Crippen molar-refractivity contribution in [2.24, 2.45) is 0 Å². The number of hydrogen-bond donors (Lipinski definition) is 2. The topological polar surface area (TPSA) is 58.6 Å². The van der Waals surface area contributed by atoms with Gasteiger partial charge in [-0.1, -0.05) is 35.9 Å². The Labute approximate surface area is 124 Å². The van der Waals surface area contributed by atoms with Gasteiger partial charge >= 0.3 is 0 Å². The summed E-state index contributed by atoms with van der Waals surface area (Å²) in [7, 11) is 0. The highest BCUT2D eigenvalue weighted by atomic mass is 16.5. The molecule has 0 aromatic heterocycles. The van der Waals surface area contributed by atoms with E-state index in [1.807, 2.05) is 37.3 Å². The smallest absolute Gasteiger partial charge is 0.262 e. The van der Waals surface area contributed by atoms with Crippen LogP contribution in [0.2, 0.25) is 0 Å². The molecule has 2 N–H and O–H groups in total. The largest absolute Gasteiger partial charge is 0.483 e. The summed E-state index contributed by atoms with van der Waals surface area (Å²) in [6.07, 6.45) is -0.638. The Bertz CT molecular complexity index is 606. The number of amides is 1. The molecule has 4 nitrogen and oxygen atoms in total. The maximum atomic E-state index is 11.9. The lowest BCUT2D eigenvalue weighted by Gasteiger charge is -2.13. The van der Waals surface area contributed by atoms with E-state index in [1.165, 1.54) is 0 Å². The van der Waals surface area contributed by atoms with Gasteiger partial charge in [0.2, 0.25) is 0 Å². The van der Waals surface area contributed by atoms with Crippen molar-refractivity contribution in [2.75, 3.05) is 11.9 Å². The van der Waals surface area contributed by atoms with Crippen LogP contribution in [0.1, 0.15) is 24.2 Å². The number of aliphatic hydroxyl groups is 1. The van der Waals surface area contributed by atoms with Crippen molar-refractivity contribution in [3.63, 3.8) is 0 Å². The van der Waals surface area contributed by atoms with E-state index in [0.29, 0.717) is 11.3 Å². The summed E-state index contributed by atoms with van der Waals surface area (Å²) in [6.45, 7) is 3.55. The molecule has 0 spiro atoms. The van der Waals surface area contributed by atoms with Gasteiger partial charge in [0.15, 0.2) is 6.61 Å². The number of hydrogen-bond acceptors (Lipinski definition) is 3. The van der Waals surface area contributed by atoms with Crippen LogP contribution in [0.5, 0.6) is 5.75 Å². The molecule has 0 unspecified atom stereocenters. The molecule has 0 saturated heterocycles. The second-order valence-electron chi connectivity index (χ2n) is 4.92. The zero-order valence-corrected chi connectivity index (χ0v) is 12.2. The number of carbonyl (C=O) groups is 1. The highest BCUT2D eigenvalue weighted by molar-refractivity contribution is 5.91. The van der Waals surface area contributed by atoms with E-state index < -0.39 is 6.10 Å². The van der Waals surface area contributed by atoms with E-state index in [0.717, 1.165) is 11.3 Å². The lowest BCUT2D eigenvalue weighted by Crippen LogP contribution is -2.20. The van der Waals surface area contributed by atoms with Crippen molar-refractivity contribution >= 4 is 11.6 Å². The minimum Gasteiger partial charge on any atom is -0.483 e. The predicted octanol–water partition coefficient (Wildman–Crippen LogP) is 3.07. The normalized spacial score (nSPS) is 11.8. The van der Waals surface area contributed by atoms with Crippen molar-refractivity contribution < 1.29 is 14.6 Å². The summed E-state index contributed by atoms with van der Waals surface area (Å²) in [4.78, 5) is 11.9. The maximum absolute atomic E-state index is 11.9. The van der Waals surface area contributed by atoms with E-state index >= 15 is 0 Å². The quantitative estimate of drug-likeness (QED) is 0.887. The Morgan fingerprint density at radius 2 is 1.86 bits per heavy atom. The summed E-state index contributed by atoms with van der Waals surface area (Å²) in [5.74, 6) is 0.283. The van der Waals surface area contributed by atoms with Gasteiger partial charge in [0.1, 0.15) is 5.75 Å². The maximum Gasteiger partial charge on any atom is 0.262 e. The zero-order valence-electron chi connectivity index (χ0n) is 12.2. The van der Waals surface area contributed by atoms with Gasteiger partial charge in [0.25, 0.3) is 5.91 Å². The van der Waals surface area contributed by atoms with Crippen LogP contribution in [-0.2, 0) is 4.79 Å². The van der Waals surface area contributed by atoms with Crippen LogP contribution in [0, 0.1) is 6.92 Å². The van der Waals surface area contributed by atoms with Gasteiger partial charge < -0.3 is 15.2 Å². The molecule has 4 heteroatoms. The third-order valence-corrected chi connectivity index (χ3v) is 3.06. The number of aliphatic hydroxyl groups excluding tert-OH is 1. The highest BCUT2D eigenvalue weighted by Gasteiger charge is 2.10. The average molecular weight is 285 g/mol. The minimum atomic E-state index is -0.638. The van der Waals surface area contributed by atoms with E-state index in [2.05, 4.69) is 5.32 Å². The Hall–Kier alpha value is -2.33. The second-order valence-corrected chi connectivity index (χ2v) is 4.92. The summed E-state index contributed by atoms with van der Waals surface area (Å²) >= 11 is 0. The Balaban J connectivity index is 1.94. The Morgan fingerprint density at radius 1 is 1.19 bits per heavy atom. The van der Waals surface area contributed by atoms with Crippen LogP contribution in [-0.4, -0.2) is 17.6 Å². The van der Waals surface area contributed by atoms with Crippen molar-refractivity contribution in [1.82, 2.24) is 0 Å². The van der Waals surface area contributed by atoms with E-state index in [1.54, 1.807) is 25.1 Å². The molecule has 21 heavy (non-hydrogen) atoms. The molecule has 0 aliphatic carbocycles.